The van der Waals surface area contributed by atoms with Gasteiger partial charge in [0.2, 0.25) is 0 Å². The molecule has 1 unspecified atom stereocenters. The van der Waals surface area contributed by atoms with Gasteiger partial charge < -0.3 is 4.74 Å². The minimum Gasteiger partial charge on any atom is -0.490 e. The standard InChI is InChI=1S/C15H20O2/c1-10(2)17-14-7-5-4-6-13(14)15(16)11(3)12-8-9-12/h4-7,10-12H,8-9H2,1-3H3. The molecule has 1 aromatic rings. The zero-order chi connectivity index (χ0) is 12.4. The molecule has 1 aliphatic rings. The van der Waals surface area contributed by atoms with E-state index in [1.807, 2.05) is 45.0 Å². The minimum atomic E-state index is 0.0974. The highest BCUT2D eigenvalue weighted by Gasteiger charge is 2.33. The van der Waals surface area contributed by atoms with Gasteiger partial charge in [-0.1, -0.05) is 19.1 Å². The third-order valence-electron chi connectivity index (χ3n) is 3.26. The first-order valence-corrected chi connectivity index (χ1v) is 6.39. The highest BCUT2D eigenvalue weighted by Crippen LogP contribution is 2.39. The Kier molecular flexibility index (Phi) is 3.51. The molecule has 0 spiro atoms. The van der Waals surface area contributed by atoms with Gasteiger partial charge in [-0.2, -0.15) is 0 Å². The van der Waals surface area contributed by atoms with Crippen molar-refractivity contribution in [2.24, 2.45) is 11.8 Å². The van der Waals surface area contributed by atoms with Gasteiger partial charge in [0, 0.05) is 5.92 Å². The summed E-state index contributed by atoms with van der Waals surface area (Å²) in [5.74, 6) is 1.67. The number of hydrogen-bond acceptors (Lipinski definition) is 2. The summed E-state index contributed by atoms with van der Waals surface area (Å²) in [6, 6.07) is 7.57. The Morgan fingerprint density at radius 1 is 1.24 bits per heavy atom. The second kappa shape index (κ2) is 4.91. The van der Waals surface area contributed by atoms with Crippen LogP contribution in [0.4, 0.5) is 0 Å². The molecule has 1 aromatic carbocycles. The van der Waals surface area contributed by atoms with Gasteiger partial charge in [0.25, 0.3) is 0 Å². The number of rotatable bonds is 5. The van der Waals surface area contributed by atoms with Crippen LogP contribution in [0.15, 0.2) is 24.3 Å². The van der Waals surface area contributed by atoms with Crippen LogP contribution in [0, 0.1) is 11.8 Å². The number of carbonyl (C=O) groups excluding carboxylic acids is 1. The summed E-state index contributed by atoms with van der Waals surface area (Å²) in [5, 5.41) is 0. The van der Waals surface area contributed by atoms with E-state index in [1.54, 1.807) is 0 Å². The normalized spacial score (nSPS) is 16.9. The predicted molar refractivity (Wildman–Crippen MR) is 68.4 cm³/mol. The number of hydrogen-bond donors (Lipinski definition) is 0. The smallest absolute Gasteiger partial charge is 0.169 e. The van der Waals surface area contributed by atoms with Gasteiger partial charge in [0.1, 0.15) is 5.75 Å². The SMILES string of the molecule is CC(C)Oc1ccccc1C(=O)C(C)C1CC1. The van der Waals surface area contributed by atoms with E-state index in [4.69, 9.17) is 4.74 Å². The Balaban J connectivity index is 2.21. The van der Waals surface area contributed by atoms with E-state index >= 15 is 0 Å². The number of benzene rings is 1. The average molecular weight is 232 g/mol. The first kappa shape index (κ1) is 12.2. The summed E-state index contributed by atoms with van der Waals surface area (Å²) in [7, 11) is 0. The molecular weight excluding hydrogens is 212 g/mol. The Hall–Kier alpha value is -1.31. The molecule has 2 nitrogen and oxygen atoms in total. The van der Waals surface area contributed by atoms with Crippen molar-refractivity contribution in [3.05, 3.63) is 29.8 Å². The Labute approximate surface area is 103 Å². The summed E-state index contributed by atoms with van der Waals surface area (Å²) in [6.07, 6.45) is 2.49. The van der Waals surface area contributed by atoms with Gasteiger partial charge in [-0.3, -0.25) is 4.79 Å². The van der Waals surface area contributed by atoms with Gasteiger partial charge in [0.05, 0.1) is 11.7 Å². The zero-order valence-corrected chi connectivity index (χ0v) is 10.8. The molecule has 2 rings (SSSR count). The van der Waals surface area contributed by atoms with Gasteiger partial charge in [-0.25, -0.2) is 0 Å². The van der Waals surface area contributed by atoms with Crippen LogP contribution in [0.25, 0.3) is 0 Å². The molecule has 0 N–H and O–H groups in total. The van der Waals surface area contributed by atoms with Crippen LogP contribution in [0.2, 0.25) is 0 Å². The molecule has 0 radical (unpaired) electrons. The van der Waals surface area contributed by atoms with Crippen molar-refractivity contribution in [3.8, 4) is 5.75 Å². The second-order valence-corrected chi connectivity index (χ2v) is 5.15. The molecule has 1 aliphatic carbocycles. The van der Waals surface area contributed by atoms with Crippen molar-refractivity contribution in [1.29, 1.82) is 0 Å². The molecule has 0 aliphatic heterocycles. The summed E-state index contributed by atoms with van der Waals surface area (Å²) in [5.41, 5.74) is 0.737. The van der Waals surface area contributed by atoms with Crippen molar-refractivity contribution < 1.29 is 9.53 Å². The molecule has 92 valence electrons. The summed E-state index contributed by atoms with van der Waals surface area (Å²) in [4.78, 5) is 12.3. The lowest BCUT2D eigenvalue weighted by atomic mass is 9.94. The topological polar surface area (TPSA) is 26.3 Å². The fraction of sp³-hybridized carbons (Fsp3) is 0.533. The Morgan fingerprint density at radius 2 is 1.88 bits per heavy atom. The maximum absolute atomic E-state index is 12.3. The molecule has 1 atom stereocenters. The number of Topliss-reactive ketones (excluding diaryl/α,β-unsaturated/α-hetero) is 1. The lowest BCUT2D eigenvalue weighted by Gasteiger charge is -2.15. The van der Waals surface area contributed by atoms with Crippen LogP contribution in [0.3, 0.4) is 0 Å². The van der Waals surface area contributed by atoms with Crippen LogP contribution in [0.1, 0.15) is 44.0 Å². The largest absolute Gasteiger partial charge is 0.490 e. The summed E-state index contributed by atoms with van der Waals surface area (Å²) in [6.45, 7) is 5.99. The van der Waals surface area contributed by atoms with Crippen molar-refractivity contribution in [3.63, 3.8) is 0 Å². The second-order valence-electron chi connectivity index (χ2n) is 5.15. The van der Waals surface area contributed by atoms with Crippen molar-refractivity contribution in [2.45, 2.75) is 39.7 Å². The van der Waals surface area contributed by atoms with E-state index < -0.39 is 0 Å². The molecule has 0 amide bonds. The van der Waals surface area contributed by atoms with E-state index in [2.05, 4.69) is 0 Å². The van der Waals surface area contributed by atoms with Crippen molar-refractivity contribution in [2.75, 3.05) is 0 Å². The third-order valence-corrected chi connectivity index (χ3v) is 3.26. The molecule has 0 heterocycles. The fourth-order valence-corrected chi connectivity index (χ4v) is 2.08. The summed E-state index contributed by atoms with van der Waals surface area (Å²) >= 11 is 0. The van der Waals surface area contributed by atoms with Crippen molar-refractivity contribution >= 4 is 5.78 Å². The van der Waals surface area contributed by atoms with E-state index in [-0.39, 0.29) is 17.8 Å². The third kappa shape index (κ3) is 2.87. The van der Waals surface area contributed by atoms with Crippen LogP contribution in [-0.2, 0) is 0 Å². The maximum Gasteiger partial charge on any atom is 0.169 e. The van der Waals surface area contributed by atoms with Gasteiger partial charge >= 0.3 is 0 Å². The number of ketones is 1. The van der Waals surface area contributed by atoms with E-state index in [0.29, 0.717) is 5.92 Å². The van der Waals surface area contributed by atoms with E-state index in [9.17, 15) is 4.79 Å². The van der Waals surface area contributed by atoms with E-state index in [0.717, 1.165) is 11.3 Å². The first-order chi connectivity index (χ1) is 8.09. The van der Waals surface area contributed by atoms with Gasteiger partial charge in [-0.15, -0.1) is 0 Å². The summed E-state index contributed by atoms with van der Waals surface area (Å²) < 4.78 is 5.70. The van der Waals surface area contributed by atoms with Crippen LogP contribution in [0.5, 0.6) is 5.75 Å². The number of carbonyl (C=O) groups is 1. The van der Waals surface area contributed by atoms with Gasteiger partial charge in [0.15, 0.2) is 5.78 Å². The quantitative estimate of drug-likeness (QED) is 0.723. The molecule has 0 bridgehead atoms. The predicted octanol–water partition coefficient (Wildman–Crippen LogP) is 3.70. The Morgan fingerprint density at radius 3 is 2.47 bits per heavy atom. The highest BCUT2D eigenvalue weighted by molar-refractivity contribution is 6.00. The molecule has 17 heavy (non-hydrogen) atoms. The lowest BCUT2D eigenvalue weighted by molar-refractivity contribution is 0.0910. The maximum atomic E-state index is 12.3. The van der Waals surface area contributed by atoms with Crippen LogP contribution in [-0.4, -0.2) is 11.9 Å². The molecule has 1 fully saturated rings. The molecule has 1 saturated carbocycles. The average Bonchev–Trinajstić information content (AvgIpc) is 3.11. The monoisotopic (exact) mass is 232 g/mol. The van der Waals surface area contributed by atoms with Crippen LogP contribution < -0.4 is 4.74 Å². The minimum absolute atomic E-state index is 0.0974. The number of ether oxygens (including phenoxy) is 1. The van der Waals surface area contributed by atoms with Crippen LogP contribution >= 0.6 is 0 Å². The zero-order valence-electron chi connectivity index (χ0n) is 10.8. The fourth-order valence-electron chi connectivity index (χ4n) is 2.08. The highest BCUT2D eigenvalue weighted by atomic mass is 16.5. The van der Waals surface area contributed by atoms with Gasteiger partial charge in [-0.05, 0) is 44.7 Å². The molecule has 0 saturated heterocycles. The molecule has 0 aromatic heterocycles. The van der Waals surface area contributed by atoms with Crippen molar-refractivity contribution in [1.82, 2.24) is 0 Å². The first-order valence-electron chi connectivity index (χ1n) is 6.39. The Bertz CT molecular complexity index is 405. The molecular formula is C15H20O2. The number of para-hydroxylation sites is 1. The lowest BCUT2D eigenvalue weighted by Crippen LogP contribution is -2.16. The van der Waals surface area contributed by atoms with E-state index in [1.165, 1.54) is 12.8 Å². The molecule has 2 heteroatoms.